The monoisotopic (exact) mass is 307 g/mol. The van der Waals surface area contributed by atoms with E-state index < -0.39 is 5.97 Å². The number of hydrogen-bond acceptors (Lipinski definition) is 4. The summed E-state index contributed by atoms with van der Waals surface area (Å²) in [7, 11) is 0. The van der Waals surface area contributed by atoms with Crippen LogP contribution in [0.3, 0.4) is 0 Å². The average molecular weight is 308 g/mol. The lowest BCUT2D eigenvalue weighted by Gasteiger charge is -2.10. The highest BCUT2D eigenvalue weighted by atomic mass is 35.5. The van der Waals surface area contributed by atoms with E-state index in [-0.39, 0.29) is 5.69 Å². The second kappa shape index (κ2) is 6.72. The second-order valence-electron chi connectivity index (χ2n) is 5.09. The van der Waals surface area contributed by atoms with Crippen LogP contribution in [-0.4, -0.2) is 27.6 Å². The maximum Gasteiger partial charge on any atom is 0.361 e. The molecule has 1 aromatic carbocycles. The maximum absolute atomic E-state index is 12.0. The minimum Gasteiger partial charge on any atom is -0.461 e. The van der Waals surface area contributed by atoms with Gasteiger partial charge in [0.05, 0.1) is 6.61 Å². The molecule has 0 bridgehead atoms. The number of ether oxygens (including phenoxy) is 1. The van der Waals surface area contributed by atoms with Crippen molar-refractivity contribution in [3.05, 3.63) is 35.0 Å². The van der Waals surface area contributed by atoms with Crippen LogP contribution in [0.2, 0.25) is 5.02 Å². The van der Waals surface area contributed by atoms with Crippen molar-refractivity contribution < 1.29 is 9.53 Å². The van der Waals surface area contributed by atoms with E-state index in [1.807, 2.05) is 12.1 Å². The Morgan fingerprint density at radius 1 is 1.33 bits per heavy atom. The summed E-state index contributed by atoms with van der Waals surface area (Å²) in [6.07, 6.45) is 0. The van der Waals surface area contributed by atoms with Gasteiger partial charge in [0.25, 0.3) is 0 Å². The van der Waals surface area contributed by atoms with Crippen molar-refractivity contribution in [3.8, 4) is 11.3 Å². The van der Waals surface area contributed by atoms with Gasteiger partial charge in [0.1, 0.15) is 5.69 Å². The van der Waals surface area contributed by atoms with Crippen molar-refractivity contribution >= 4 is 17.6 Å². The average Bonchev–Trinajstić information content (AvgIpc) is 2.83. The Labute approximate surface area is 128 Å². The number of benzene rings is 1. The summed E-state index contributed by atoms with van der Waals surface area (Å²) in [5.41, 5.74) is 1.74. The first-order valence-corrected chi connectivity index (χ1v) is 7.27. The molecule has 0 N–H and O–H groups in total. The highest BCUT2D eigenvalue weighted by Crippen LogP contribution is 2.25. The molecule has 0 saturated carbocycles. The molecule has 0 aliphatic rings. The Hall–Kier alpha value is -1.88. The van der Waals surface area contributed by atoms with Crippen LogP contribution in [0.25, 0.3) is 11.3 Å². The molecule has 0 fully saturated rings. The van der Waals surface area contributed by atoms with Crippen LogP contribution in [0.1, 0.15) is 31.3 Å². The SMILES string of the molecule is CCOC(=O)c1nnn(CC(C)C)c1-c1ccc(Cl)cc1. The number of hydrogen-bond donors (Lipinski definition) is 0. The van der Waals surface area contributed by atoms with Crippen molar-refractivity contribution in [1.29, 1.82) is 0 Å². The summed E-state index contributed by atoms with van der Waals surface area (Å²) in [5.74, 6) is -0.0785. The predicted molar refractivity (Wildman–Crippen MR) is 81.3 cm³/mol. The van der Waals surface area contributed by atoms with Gasteiger partial charge in [0.2, 0.25) is 0 Å². The van der Waals surface area contributed by atoms with Crippen molar-refractivity contribution in [3.63, 3.8) is 0 Å². The van der Waals surface area contributed by atoms with Gasteiger partial charge in [-0.05, 0) is 25.0 Å². The molecule has 6 heteroatoms. The topological polar surface area (TPSA) is 57.0 Å². The third-order valence-corrected chi connectivity index (χ3v) is 3.11. The molecule has 0 atom stereocenters. The molecule has 0 spiro atoms. The zero-order chi connectivity index (χ0) is 15.4. The first-order chi connectivity index (χ1) is 10.0. The number of rotatable bonds is 5. The quantitative estimate of drug-likeness (QED) is 0.794. The Morgan fingerprint density at radius 3 is 2.57 bits per heavy atom. The van der Waals surface area contributed by atoms with E-state index >= 15 is 0 Å². The number of carbonyl (C=O) groups is 1. The van der Waals surface area contributed by atoms with Crippen LogP contribution in [0.15, 0.2) is 24.3 Å². The Balaban J connectivity index is 2.49. The number of nitrogens with zero attached hydrogens (tertiary/aromatic N) is 3. The molecule has 0 saturated heterocycles. The number of halogens is 1. The standard InChI is InChI=1S/C15H18ClN3O2/c1-4-21-15(20)13-14(11-5-7-12(16)8-6-11)19(18-17-13)9-10(2)3/h5-8,10H,4,9H2,1-3H3. The number of esters is 1. The van der Waals surface area contributed by atoms with Crippen LogP contribution < -0.4 is 0 Å². The van der Waals surface area contributed by atoms with Crippen LogP contribution in [0.4, 0.5) is 0 Å². The molecule has 2 rings (SSSR count). The summed E-state index contributed by atoms with van der Waals surface area (Å²) in [6, 6.07) is 7.25. The Morgan fingerprint density at radius 2 is 2.00 bits per heavy atom. The van der Waals surface area contributed by atoms with Gasteiger partial charge in [-0.1, -0.05) is 42.8 Å². The third kappa shape index (κ3) is 3.61. The highest BCUT2D eigenvalue weighted by Gasteiger charge is 2.22. The van der Waals surface area contributed by atoms with E-state index in [4.69, 9.17) is 16.3 Å². The van der Waals surface area contributed by atoms with Gasteiger partial charge >= 0.3 is 5.97 Å². The second-order valence-corrected chi connectivity index (χ2v) is 5.53. The van der Waals surface area contributed by atoms with E-state index in [1.54, 1.807) is 23.7 Å². The fourth-order valence-corrected chi connectivity index (χ4v) is 2.14. The minimum absolute atomic E-state index is 0.236. The van der Waals surface area contributed by atoms with E-state index in [0.29, 0.717) is 29.8 Å². The Kier molecular flexibility index (Phi) is 4.96. The van der Waals surface area contributed by atoms with Gasteiger partial charge in [-0.3, -0.25) is 0 Å². The first-order valence-electron chi connectivity index (χ1n) is 6.89. The summed E-state index contributed by atoms with van der Waals surface area (Å²) in [4.78, 5) is 12.0. The van der Waals surface area contributed by atoms with Crippen LogP contribution in [-0.2, 0) is 11.3 Å². The molecule has 1 heterocycles. The lowest BCUT2D eigenvalue weighted by Crippen LogP contribution is -2.10. The summed E-state index contributed by atoms with van der Waals surface area (Å²) in [5, 5.41) is 8.72. The molecule has 112 valence electrons. The maximum atomic E-state index is 12.0. The summed E-state index contributed by atoms with van der Waals surface area (Å²) in [6.45, 7) is 6.90. The van der Waals surface area contributed by atoms with Gasteiger partial charge in [0.15, 0.2) is 5.69 Å². The molecular weight excluding hydrogens is 290 g/mol. The summed E-state index contributed by atoms with van der Waals surface area (Å²) >= 11 is 5.92. The smallest absolute Gasteiger partial charge is 0.361 e. The van der Waals surface area contributed by atoms with Gasteiger partial charge in [-0.15, -0.1) is 5.10 Å². The van der Waals surface area contributed by atoms with E-state index in [0.717, 1.165) is 5.56 Å². The van der Waals surface area contributed by atoms with Crippen molar-refractivity contribution in [1.82, 2.24) is 15.0 Å². The zero-order valence-electron chi connectivity index (χ0n) is 12.3. The fourth-order valence-electron chi connectivity index (χ4n) is 2.02. The van der Waals surface area contributed by atoms with E-state index in [2.05, 4.69) is 24.2 Å². The molecule has 0 radical (unpaired) electrons. The van der Waals surface area contributed by atoms with Crippen molar-refractivity contribution in [2.24, 2.45) is 5.92 Å². The summed E-state index contributed by atoms with van der Waals surface area (Å²) < 4.78 is 6.79. The van der Waals surface area contributed by atoms with Gasteiger partial charge in [-0.2, -0.15) is 0 Å². The minimum atomic E-state index is -0.461. The lowest BCUT2D eigenvalue weighted by atomic mass is 10.1. The van der Waals surface area contributed by atoms with Gasteiger partial charge < -0.3 is 4.74 Å². The van der Waals surface area contributed by atoms with Gasteiger partial charge in [0, 0.05) is 17.1 Å². The third-order valence-electron chi connectivity index (χ3n) is 2.86. The number of carbonyl (C=O) groups excluding carboxylic acids is 1. The number of aromatic nitrogens is 3. The van der Waals surface area contributed by atoms with E-state index in [9.17, 15) is 4.79 Å². The van der Waals surface area contributed by atoms with Crippen molar-refractivity contribution in [2.45, 2.75) is 27.3 Å². The molecule has 2 aromatic rings. The molecule has 5 nitrogen and oxygen atoms in total. The highest BCUT2D eigenvalue weighted by molar-refractivity contribution is 6.30. The van der Waals surface area contributed by atoms with Gasteiger partial charge in [-0.25, -0.2) is 9.48 Å². The molecule has 1 aromatic heterocycles. The zero-order valence-corrected chi connectivity index (χ0v) is 13.1. The molecule has 0 unspecified atom stereocenters. The van der Waals surface area contributed by atoms with E-state index in [1.165, 1.54) is 0 Å². The molecule has 0 amide bonds. The van der Waals surface area contributed by atoms with Crippen LogP contribution >= 0.6 is 11.6 Å². The molecule has 0 aliphatic carbocycles. The molecule has 0 aliphatic heterocycles. The van der Waals surface area contributed by atoms with Crippen molar-refractivity contribution in [2.75, 3.05) is 6.61 Å². The van der Waals surface area contributed by atoms with Crippen LogP contribution in [0, 0.1) is 5.92 Å². The molecule has 21 heavy (non-hydrogen) atoms. The predicted octanol–water partition coefficient (Wildman–Crippen LogP) is 3.43. The molecular formula is C15H18ClN3O2. The lowest BCUT2D eigenvalue weighted by molar-refractivity contribution is 0.0520. The Bertz CT molecular complexity index is 620. The normalized spacial score (nSPS) is 10.9. The fraction of sp³-hybridized carbons (Fsp3) is 0.400. The largest absolute Gasteiger partial charge is 0.461 e. The van der Waals surface area contributed by atoms with Crippen LogP contribution in [0.5, 0.6) is 0 Å². The first kappa shape index (κ1) is 15.5.